The molecule has 2 atom stereocenters. The number of thiophene rings is 2. The van der Waals surface area contributed by atoms with Crippen molar-refractivity contribution >= 4 is 80.8 Å². The van der Waals surface area contributed by atoms with E-state index >= 15 is 0 Å². The van der Waals surface area contributed by atoms with Crippen LogP contribution in [-0.4, -0.2) is 11.8 Å². The molecule has 0 saturated heterocycles. The van der Waals surface area contributed by atoms with E-state index in [1.165, 1.54) is 9.75 Å². The minimum Gasteiger partial charge on any atom is -0.141 e. The number of rotatable bonds is 6. The van der Waals surface area contributed by atoms with Crippen molar-refractivity contribution in [3.05, 3.63) is 42.7 Å². The SMILES string of the molecule is ClCC(SC(CCl)c1ccc(Cl)s1)c1ccc(Cl)s1. The van der Waals surface area contributed by atoms with Crippen LogP contribution in [0.25, 0.3) is 0 Å². The number of alkyl halides is 2. The van der Waals surface area contributed by atoms with Crippen LogP contribution in [0, 0.1) is 0 Å². The van der Waals surface area contributed by atoms with Crippen LogP contribution in [-0.2, 0) is 0 Å². The number of halogens is 4. The third-order valence-electron chi connectivity index (χ3n) is 2.43. The monoisotopic (exact) mass is 390 g/mol. The van der Waals surface area contributed by atoms with Crippen LogP contribution in [0.3, 0.4) is 0 Å². The van der Waals surface area contributed by atoms with Crippen molar-refractivity contribution in [1.29, 1.82) is 0 Å². The standard InChI is InChI=1S/C12H10Cl4S3/c13-5-9(7-1-3-11(15)18-7)17-10(6-14)8-2-4-12(16)19-8/h1-4,9-10H,5-6H2. The molecule has 0 aliphatic rings. The Hall–Kier alpha value is 0.910. The highest BCUT2D eigenvalue weighted by atomic mass is 35.5. The van der Waals surface area contributed by atoms with Gasteiger partial charge in [0.2, 0.25) is 0 Å². The fourth-order valence-electron chi connectivity index (χ4n) is 1.56. The van der Waals surface area contributed by atoms with E-state index in [2.05, 4.69) is 0 Å². The molecule has 104 valence electrons. The third kappa shape index (κ3) is 4.44. The van der Waals surface area contributed by atoms with E-state index < -0.39 is 0 Å². The molecule has 7 heteroatoms. The van der Waals surface area contributed by atoms with E-state index in [1.807, 2.05) is 24.3 Å². The summed E-state index contributed by atoms with van der Waals surface area (Å²) in [6.45, 7) is 0. The van der Waals surface area contributed by atoms with Gasteiger partial charge in [-0.05, 0) is 24.3 Å². The lowest BCUT2D eigenvalue weighted by molar-refractivity contribution is 1.08. The van der Waals surface area contributed by atoms with Gasteiger partial charge in [0.25, 0.3) is 0 Å². The molecular formula is C12H10Cl4S3. The highest BCUT2D eigenvalue weighted by Gasteiger charge is 2.21. The average Bonchev–Trinajstić information content (AvgIpc) is 3.00. The van der Waals surface area contributed by atoms with Crippen molar-refractivity contribution in [2.24, 2.45) is 0 Å². The van der Waals surface area contributed by atoms with Crippen molar-refractivity contribution in [2.45, 2.75) is 10.5 Å². The Morgan fingerprint density at radius 3 is 1.53 bits per heavy atom. The van der Waals surface area contributed by atoms with Crippen LogP contribution in [0.4, 0.5) is 0 Å². The predicted octanol–water partition coefficient (Wildman–Crippen LogP) is 7.11. The first-order valence-corrected chi connectivity index (χ1v) is 9.82. The second kappa shape index (κ2) is 7.79. The lowest BCUT2D eigenvalue weighted by Crippen LogP contribution is -2.00. The highest BCUT2D eigenvalue weighted by Crippen LogP contribution is 2.46. The molecule has 0 fully saturated rings. The summed E-state index contributed by atoms with van der Waals surface area (Å²) in [6.07, 6.45) is 0. The minimum atomic E-state index is 0.198. The largest absolute Gasteiger partial charge is 0.141 e. The smallest absolute Gasteiger partial charge is 0.0931 e. The Labute approximate surface area is 145 Å². The molecule has 0 radical (unpaired) electrons. The zero-order valence-electron chi connectivity index (χ0n) is 9.61. The van der Waals surface area contributed by atoms with E-state index in [1.54, 1.807) is 34.4 Å². The molecule has 2 rings (SSSR count). The molecular weight excluding hydrogens is 382 g/mol. The van der Waals surface area contributed by atoms with Gasteiger partial charge in [0, 0.05) is 21.5 Å². The summed E-state index contributed by atoms with van der Waals surface area (Å²) < 4.78 is 1.57. The summed E-state index contributed by atoms with van der Waals surface area (Å²) in [6, 6.07) is 7.86. The van der Waals surface area contributed by atoms with Gasteiger partial charge in [-0.3, -0.25) is 0 Å². The molecule has 2 unspecified atom stereocenters. The van der Waals surface area contributed by atoms with E-state index in [-0.39, 0.29) is 10.5 Å². The van der Waals surface area contributed by atoms with E-state index in [4.69, 9.17) is 46.4 Å². The predicted molar refractivity (Wildman–Crippen MR) is 93.2 cm³/mol. The average molecular weight is 392 g/mol. The van der Waals surface area contributed by atoms with Crippen LogP contribution in [0.1, 0.15) is 20.3 Å². The fraction of sp³-hybridized carbons (Fsp3) is 0.333. The lowest BCUT2D eigenvalue weighted by Gasteiger charge is -2.18. The first-order valence-electron chi connectivity index (χ1n) is 5.42. The molecule has 0 saturated carbocycles. The number of thioether (sulfide) groups is 1. The van der Waals surface area contributed by atoms with Gasteiger partial charge in [0.05, 0.1) is 19.2 Å². The Bertz CT molecular complexity index is 476. The summed E-state index contributed by atoms with van der Waals surface area (Å²) in [7, 11) is 0. The molecule has 0 spiro atoms. The van der Waals surface area contributed by atoms with Gasteiger partial charge in [-0.15, -0.1) is 57.6 Å². The Morgan fingerprint density at radius 2 is 1.26 bits per heavy atom. The molecule has 0 N–H and O–H groups in total. The third-order valence-corrected chi connectivity index (χ3v) is 7.90. The zero-order valence-corrected chi connectivity index (χ0v) is 15.1. The maximum Gasteiger partial charge on any atom is 0.0931 e. The Balaban J connectivity index is 2.12. The molecule has 2 aromatic heterocycles. The molecule has 2 heterocycles. The second-order valence-electron chi connectivity index (χ2n) is 3.71. The van der Waals surface area contributed by atoms with E-state index in [9.17, 15) is 0 Å². The summed E-state index contributed by atoms with van der Waals surface area (Å²) in [4.78, 5) is 2.37. The van der Waals surface area contributed by atoms with Crippen LogP contribution >= 0.6 is 80.8 Å². The van der Waals surface area contributed by atoms with Crippen LogP contribution in [0.5, 0.6) is 0 Å². The van der Waals surface area contributed by atoms with Crippen LogP contribution in [0.15, 0.2) is 24.3 Å². The topological polar surface area (TPSA) is 0 Å². The van der Waals surface area contributed by atoms with Crippen molar-refractivity contribution in [3.8, 4) is 0 Å². The maximum absolute atomic E-state index is 6.08. The first kappa shape index (κ1) is 16.3. The van der Waals surface area contributed by atoms with Crippen molar-refractivity contribution in [1.82, 2.24) is 0 Å². The molecule has 0 aliphatic heterocycles. The fourth-order valence-corrected chi connectivity index (χ4v) is 6.19. The highest BCUT2D eigenvalue weighted by molar-refractivity contribution is 8.00. The van der Waals surface area contributed by atoms with Gasteiger partial charge in [-0.1, -0.05) is 23.2 Å². The molecule has 0 aromatic carbocycles. The molecule has 0 amide bonds. The van der Waals surface area contributed by atoms with Crippen LogP contribution < -0.4 is 0 Å². The molecule has 0 nitrogen and oxygen atoms in total. The van der Waals surface area contributed by atoms with Gasteiger partial charge in [0.1, 0.15) is 0 Å². The molecule has 0 bridgehead atoms. The van der Waals surface area contributed by atoms with Gasteiger partial charge in [0.15, 0.2) is 0 Å². The van der Waals surface area contributed by atoms with E-state index in [0.717, 1.165) is 8.67 Å². The van der Waals surface area contributed by atoms with Crippen molar-refractivity contribution < 1.29 is 0 Å². The first-order chi connectivity index (χ1) is 9.13. The van der Waals surface area contributed by atoms with Crippen molar-refractivity contribution in [2.75, 3.05) is 11.8 Å². The second-order valence-corrected chi connectivity index (χ2v) is 9.23. The molecule has 0 aliphatic carbocycles. The number of hydrogen-bond acceptors (Lipinski definition) is 3. The summed E-state index contributed by atoms with van der Waals surface area (Å²) in [5, 5.41) is 0.396. The normalized spacial score (nSPS) is 14.5. The van der Waals surface area contributed by atoms with Gasteiger partial charge in [-0.25, -0.2) is 0 Å². The quantitative estimate of drug-likeness (QED) is 0.472. The van der Waals surface area contributed by atoms with Crippen molar-refractivity contribution in [3.63, 3.8) is 0 Å². The van der Waals surface area contributed by atoms with E-state index in [0.29, 0.717) is 11.8 Å². The minimum absolute atomic E-state index is 0.198. The Kier molecular flexibility index (Phi) is 6.67. The van der Waals surface area contributed by atoms with Gasteiger partial charge >= 0.3 is 0 Å². The summed E-state index contributed by atoms with van der Waals surface area (Å²) in [5.41, 5.74) is 0. The van der Waals surface area contributed by atoms with Gasteiger partial charge < -0.3 is 0 Å². The lowest BCUT2D eigenvalue weighted by atomic mass is 10.4. The Morgan fingerprint density at radius 1 is 0.842 bits per heavy atom. The summed E-state index contributed by atoms with van der Waals surface area (Å²) in [5.74, 6) is 1.07. The molecule has 2 aromatic rings. The van der Waals surface area contributed by atoms with Crippen LogP contribution in [0.2, 0.25) is 8.67 Å². The zero-order chi connectivity index (χ0) is 13.8. The molecule has 19 heavy (non-hydrogen) atoms. The maximum atomic E-state index is 6.08. The summed E-state index contributed by atoms with van der Waals surface area (Å²) >= 11 is 29.0. The van der Waals surface area contributed by atoms with Gasteiger partial charge in [-0.2, -0.15) is 0 Å². The number of hydrogen-bond donors (Lipinski definition) is 0.